The van der Waals surface area contributed by atoms with Gasteiger partial charge in [-0.1, -0.05) is 11.6 Å². The summed E-state index contributed by atoms with van der Waals surface area (Å²) in [7, 11) is 0. The zero-order valence-corrected chi connectivity index (χ0v) is 9.53. The second-order valence-electron chi connectivity index (χ2n) is 3.54. The van der Waals surface area contributed by atoms with E-state index in [9.17, 15) is 0 Å². The number of nitrogens with two attached hydrogens (primary N) is 2. The molecule has 1 atom stereocenters. The number of furan rings is 1. The molecule has 0 spiro atoms. The molecule has 2 aromatic rings. The summed E-state index contributed by atoms with van der Waals surface area (Å²) in [4.78, 5) is 3.97. The normalized spacial score (nSPS) is 12.7. The predicted molar refractivity (Wildman–Crippen MR) is 63.1 cm³/mol. The highest BCUT2D eigenvalue weighted by Crippen LogP contribution is 2.28. The van der Waals surface area contributed by atoms with Gasteiger partial charge in [-0.15, -0.1) is 0 Å². The van der Waals surface area contributed by atoms with Crippen molar-refractivity contribution in [2.24, 2.45) is 5.73 Å². The fraction of sp³-hybridized carbons (Fsp3) is 0.182. The number of halogens is 1. The molecule has 0 radical (unpaired) electrons. The number of hydrogen-bond donors (Lipinski definition) is 2. The van der Waals surface area contributed by atoms with Crippen molar-refractivity contribution in [3.63, 3.8) is 0 Å². The van der Waals surface area contributed by atoms with E-state index in [4.69, 9.17) is 27.5 Å². The Morgan fingerprint density at radius 1 is 1.44 bits per heavy atom. The van der Waals surface area contributed by atoms with E-state index in [0.717, 1.165) is 11.3 Å². The van der Waals surface area contributed by atoms with Gasteiger partial charge >= 0.3 is 0 Å². The molecule has 0 fully saturated rings. The van der Waals surface area contributed by atoms with Crippen LogP contribution in [-0.4, -0.2) is 4.98 Å². The Morgan fingerprint density at radius 2 is 2.19 bits per heavy atom. The van der Waals surface area contributed by atoms with Crippen LogP contribution < -0.4 is 11.5 Å². The predicted octanol–water partition coefficient (Wildman–Crippen LogP) is 2.27. The maximum Gasteiger partial charge on any atom is 0.128 e. The first-order valence-corrected chi connectivity index (χ1v) is 5.18. The number of nitrogens with zero attached hydrogens (tertiary/aromatic N) is 1. The van der Waals surface area contributed by atoms with Gasteiger partial charge in [0, 0.05) is 17.3 Å². The summed E-state index contributed by atoms with van der Waals surface area (Å²) in [6.45, 7) is 1.85. The quantitative estimate of drug-likeness (QED) is 0.840. The first-order valence-electron chi connectivity index (χ1n) is 4.80. The fourth-order valence-electron chi connectivity index (χ4n) is 1.60. The second kappa shape index (κ2) is 4.15. The van der Waals surface area contributed by atoms with Crippen LogP contribution >= 0.6 is 11.6 Å². The van der Waals surface area contributed by atoms with Gasteiger partial charge in [-0.05, 0) is 19.1 Å². The van der Waals surface area contributed by atoms with Gasteiger partial charge in [0.15, 0.2) is 0 Å². The van der Waals surface area contributed by atoms with E-state index in [0.29, 0.717) is 16.4 Å². The first-order chi connectivity index (χ1) is 7.59. The van der Waals surface area contributed by atoms with Crippen molar-refractivity contribution < 1.29 is 4.42 Å². The van der Waals surface area contributed by atoms with E-state index < -0.39 is 0 Å². The number of hydrogen-bond acceptors (Lipinski definition) is 4. The van der Waals surface area contributed by atoms with E-state index in [1.807, 2.05) is 13.0 Å². The number of anilines is 1. The van der Waals surface area contributed by atoms with Gasteiger partial charge in [0.05, 0.1) is 17.3 Å². The fourth-order valence-corrected chi connectivity index (χ4v) is 1.77. The van der Waals surface area contributed by atoms with Crippen LogP contribution in [-0.2, 0) is 0 Å². The Hall–Kier alpha value is -1.52. The second-order valence-corrected chi connectivity index (χ2v) is 3.97. The molecule has 84 valence electrons. The van der Waals surface area contributed by atoms with Crippen molar-refractivity contribution >= 4 is 17.4 Å². The van der Waals surface area contributed by atoms with Crippen molar-refractivity contribution in [1.82, 2.24) is 4.98 Å². The molecule has 0 amide bonds. The van der Waals surface area contributed by atoms with Crippen LogP contribution in [0.25, 0.3) is 0 Å². The summed E-state index contributed by atoms with van der Waals surface area (Å²) in [5.74, 6) is 1.16. The average molecular weight is 238 g/mol. The van der Waals surface area contributed by atoms with Crippen molar-refractivity contribution in [2.75, 3.05) is 5.73 Å². The van der Waals surface area contributed by atoms with Crippen molar-refractivity contribution in [1.29, 1.82) is 0 Å². The number of nitrogen functional groups attached to an aromatic ring is 1. The zero-order chi connectivity index (χ0) is 11.7. The summed E-state index contributed by atoms with van der Waals surface area (Å²) in [6.07, 6.45) is 3.09. The minimum atomic E-state index is -0.370. The van der Waals surface area contributed by atoms with Crippen LogP contribution in [0.3, 0.4) is 0 Å². The zero-order valence-electron chi connectivity index (χ0n) is 8.77. The molecule has 0 bridgehead atoms. The Bertz CT molecular complexity index is 510. The van der Waals surface area contributed by atoms with Crippen LogP contribution in [0, 0.1) is 6.92 Å². The third kappa shape index (κ3) is 1.89. The third-order valence-electron chi connectivity index (χ3n) is 2.49. The van der Waals surface area contributed by atoms with E-state index in [1.54, 1.807) is 12.3 Å². The summed E-state index contributed by atoms with van der Waals surface area (Å²) in [6, 6.07) is 3.17. The van der Waals surface area contributed by atoms with Gasteiger partial charge in [0.2, 0.25) is 0 Å². The molecule has 5 heteroatoms. The molecule has 0 aliphatic heterocycles. The molecule has 2 aromatic heterocycles. The van der Waals surface area contributed by atoms with E-state index in [2.05, 4.69) is 4.98 Å². The topological polar surface area (TPSA) is 78.1 Å². The third-order valence-corrected chi connectivity index (χ3v) is 2.69. The lowest BCUT2D eigenvalue weighted by atomic mass is 10.0. The lowest BCUT2D eigenvalue weighted by Crippen LogP contribution is -2.14. The molecule has 0 saturated heterocycles. The Balaban J connectivity index is 2.45. The highest BCUT2D eigenvalue weighted by atomic mass is 35.5. The monoisotopic (exact) mass is 237 g/mol. The molecule has 1 unspecified atom stereocenters. The minimum Gasteiger partial charge on any atom is -0.469 e. The maximum atomic E-state index is 6.09. The lowest BCUT2D eigenvalue weighted by molar-refractivity contribution is 0.527. The summed E-state index contributed by atoms with van der Waals surface area (Å²) >= 11 is 5.87. The number of aromatic nitrogens is 1. The van der Waals surface area contributed by atoms with Crippen molar-refractivity contribution in [2.45, 2.75) is 13.0 Å². The molecule has 16 heavy (non-hydrogen) atoms. The highest BCUT2D eigenvalue weighted by molar-refractivity contribution is 6.30. The van der Waals surface area contributed by atoms with E-state index >= 15 is 0 Å². The standard InChI is InChI=1S/C11H12ClN3O/c1-6-8(2-3-16-6)10(13)9-4-7(12)5-15-11(9)14/h2-5,10H,13H2,1H3,(H2,14,15). The van der Waals surface area contributed by atoms with Crippen molar-refractivity contribution in [3.8, 4) is 0 Å². The molecule has 2 rings (SSSR count). The SMILES string of the molecule is Cc1occc1C(N)c1cc(Cl)cnc1N. The van der Waals surface area contributed by atoms with Gasteiger partial charge in [0.25, 0.3) is 0 Å². The molecule has 2 heterocycles. The molecular formula is C11H12ClN3O. The number of rotatable bonds is 2. The van der Waals surface area contributed by atoms with Gasteiger partial charge in [-0.3, -0.25) is 0 Å². The molecule has 0 aliphatic rings. The van der Waals surface area contributed by atoms with Gasteiger partial charge in [-0.2, -0.15) is 0 Å². The number of pyridine rings is 1. The summed E-state index contributed by atoms with van der Waals surface area (Å²) < 4.78 is 5.20. The number of aryl methyl sites for hydroxylation is 1. The molecule has 4 nitrogen and oxygen atoms in total. The van der Waals surface area contributed by atoms with Crippen LogP contribution in [0.2, 0.25) is 5.02 Å². The van der Waals surface area contributed by atoms with E-state index in [-0.39, 0.29) is 6.04 Å². The Labute approximate surface area is 98.2 Å². The van der Waals surface area contributed by atoms with Crippen LogP contribution in [0.5, 0.6) is 0 Å². The molecule has 0 aromatic carbocycles. The molecular weight excluding hydrogens is 226 g/mol. The molecule has 0 saturated carbocycles. The maximum absolute atomic E-state index is 6.09. The van der Waals surface area contributed by atoms with E-state index in [1.165, 1.54) is 6.20 Å². The highest BCUT2D eigenvalue weighted by Gasteiger charge is 2.17. The Morgan fingerprint density at radius 3 is 2.81 bits per heavy atom. The minimum absolute atomic E-state index is 0.370. The molecule has 4 N–H and O–H groups in total. The smallest absolute Gasteiger partial charge is 0.128 e. The van der Waals surface area contributed by atoms with Gasteiger partial charge < -0.3 is 15.9 Å². The van der Waals surface area contributed by atoms with Crippen molar-refractivity contribution in [3.05, 3.63) is 46.5 Å². The molecule has 0 aliphatic carbocycles. The van der Waals surface area contributed by atoms with Crippen LogP contribution in [0.4, 0.5) is 5.82 Å². The van der Waals surface area contributed by atoms with Gasteiger partial charge in [0.1, 0.15) is 11.6 Å². The first kappa shape index (κ1) is 11.0. The van der Waals surface area contributed by atoms with Crippen LogP contribution in [0.1, 0.15) is 22.9 Å². The Kier molecular flexibility index (Phi) is 2.85. The lowest BCUT2D eigenvalue weighted by Gasteiger charge is -2.13. The largest absolute Gasteiger partial charge is 0.469 e. The summed E-state index contributed by atoms with van der Waals surface area (Å²) in [5.41, 5.74) is 13.4. The van der Waals surface area contributed by atoms with Gasteiger partial charge in [-0.25, -0.2) is 4.98 Å². The average Bonchev–Trinajstić information content (AvgIpc) is 2.67. The summed E-state index contributed by atoms with van der Waals surface area (Å²) in [5, 5.41) is 0.515. The van der Waals surface area contributed by atoms with Crippen LogP contribution in [0.15, 0.2) is 29.0 Å².